The van der Waals surface area contributed by atoms with Crippen LogP contribution in [0.25, 0.3) is 0 Å². The van der Waals surface area contributed by atoms with Gasteiger partial charge in [0.2, 0.25) is 10.0 Å². The summed E-state index contributed by atoms with van der Waals surface area (Å²) in [6, 6.07) is 12.8. The minimum atomic E-state index is -3.34. The highest BCUT2D eigenvalue weighted by Gasteiger charge is 2.15. The Balaban J connectivity index is 2.13. The number of nitrogens with one attached hydrogen (secondary N) is 2. The molecule has 2 rings (SSSR count). The Morgan fingerprint density at radius 2 is 1.83 bits per heavy atom. The van der Waals surface area contributed by atoms with E-state index in [2.05, 4.69) is 17.6 Å². The molecule has 0 saturated heterocycles. The Bertz CT molecular complexity index is 964. The van der Waals surface area contributed by atoms with Gasteiger partial charge in [0.15, 0.2) is 16.6 Å². The maximum Gasteiger partial charge on any atom is 0.231 e. The molecular formula is C20H27N3O4S2. The standard InChI is InChI=1S/C20H27N3O4S2/c1-6-17(14-10-11-18(26-3)19(12-14)27-4)22-20(28)21-15-8-7-9-16(13-15)23(2)29(5,24)25/h7-13,17H,6H2,1-5H3,(H2,21,22,28). The number of benzene rings is 2. The van der Waals surface area contributed by atoms with E-state index >= 15 is 0 Å². The Hall–Kier alpha value is -2.52. The predicted molar refractivity (Wildman–Crippen MR) is 122 cm³/mol. The summed E-state index contributed by atoms with van der Waals surface area (Å²) in [5, 5.41) is 6.84. The second kappa shape index (κ2) is 9.80. The summed E-state index contributed by atoms with van der Waals surface area (Å²) in [6.07, 6.45) is 1.96. The summed E-state index contributed by atoms with van der Waals surface area (Å²) >= 11 is 5.46. The average Bonchev–Trinajstić information content (AvgIpc) is 2.70. The maximum atomic E-state index is 11.8. The third-order valence-electron chi connectivity index (χ3n) is 4.49. The molecule has 29 heavy (non-hydrogen) atoms. The predicted octanol–water partition coefficient (Wildman–Crippen LogP) is 3.54. The van der Waals surface area contributed by atoms with Crippen LogP contribution in [0, 0.1) is 0 Å². The molecule has 2 N–H and O–H groups in total. The van der Waals surface area contributed by atoms with Gasteiger partial charge in [0, 0.05) is 12.7 Å². The molecule has 2 aromatic rings. The first kappa shape index (κ1) is 22.8. The van der Waals surface area contributed by atoms with Crippen molar-refractivity contribution in [2.45, 2.75) is 19.4 Å². The van der Waals surface area contributed by atoms with Crippen molar-refractivity contribution in [3.05, 3.63) is 48.0 Å². The van der Waals surface area contributed by atoms with E-state index in [0.29, 0.717) is 28.0 Å². The molecule has 158 valence electrons. The average molecular weight is 438 g/mol. The number of methoxy groups -OCH3 is 2. The molecule has 0 spiro atoms. The highest BCUT2D eigenvalue weighted by atomic mass is 32.2. The SMILES string of the molecule is CCC(NC(=S)Nc1cccc(N(C)S(C)(=O)=O)c1)c1ccc(OC)c(OC)c1. The van der Waals surface area contributed by atoms with Gasteiger partial charge in [0.25, 0.3) is 0 Å². The lowest BCUT2D eigenvalue weighted by molar-refractivity contribution is 0.354. The van der Waals surface area contributed by atoms with Crippen molar-refractivity contribution >= 4 is 38.7 Å². The molecule has 1 unspecified atom stereocenters. The van der Waals surface area contributed by atoms with Crippen LogP contribution >= 0.6 is 12.2 Å². The van der Waals surface area contributed by atoms with Gasteiger partial charge >= 0.3 is 0 Å². The van der Waals surface area contributed by atoms with Crippen molar-refractivity contribution in [3.8, 4) is 11.5 Å². The van der Waals surface area contributed by atoms with Crippen LogP contribution in [0.4, 0.5) is 11.4 Å². The zero-order chi connectivity index (χ0) is 21.6. The van der Waals surface area contributed by atoms with Gasteiger partial charge in [0.1, 0.15) is 0 Å². The van der Waals surface area contributed by atoms with Crippen molar-refractivity contribution in [2.75, 3.05) is 37.1 Å². The van der Waals surface area contributed by atoms with E-state index in [1.807, 2.05) is 24.3 Å². The van der Waals surface area contributed by atoms with Gasteiger partial charge in [-0.25, -0.2) is 8.42 Å². The van der Waals surface area contributed by atoms with Crippen molar-refractivity contribution in [3.63, 3.8) is 0 Å². The molecular weight excluding hydrogens is 410 g/mol. The van der Waals surface area contributed by atoms with Crippen molar-refractivity contribution in [1.29, 1.82) is 0 Å². The van der Waals surface area contributed by atoms with Crippen LogP contribution in [-0.2, 0) is 10.0 Å². The number of sulfonamides is 1. The summed E-state index contributed by atoms with van der Waals surface area (Å²) in [4.78, 5) is 0. The molecule has 0 aliphatic carbocycles. The molecule has 1 atom stereocenters. The van der Waals surface area contributed by atoms with Crippen molar-refractivity contribution < 1.29 is 17.9 Å². The van der Waals surface area contributed by atoms with Crippen LogP contribution < -0.4 is 24.4 Å². The summed E-state index contributed by atoms with van der Waals surface area (Å²) in [5.41, 5.74) is 2.25. The summed E-state index contributed by atoms with van der Waals surface area (Å²) < 4.78 is 35.4. The molecule has 0 aromatic heterocycles. The maximum absolute atomic E-state index is 11.8. The fourth-order valence-electron chi connectivity index (χ4n) is 2.79. The number of nitrogens with zero attached hydrogens (tertiary/aromatic N) is 1. The molecule has 0 aliphatic heterocycles. The van der Waals surface area contributed by atoms with Crippen LogP contribution in [0.3, 0.4) is 0 Å². The number of anilines is 2. The van der Waals surface area contributed by atoms with Gasteiger partial charge < -0.3 is 20.1 Å². The third kappa shape index (κ3) is 5.98. The van der Waals surface area contributed by atoms with Crippen LogP contribution in [-0.4, -0.2) is 41.1 Å². The van der Waals surface area contributed by atoms with E-state index in [-0.39, 0.29) is 6.04 Å². The van der Waals surface area contributed by atoms with E-state index < -0.39 is 10.0 Å². The smallest absolute Gasteiger partial charge is 0.231 e. The molecule has 0 amide bonds. The van der Waals surface area contributed by atoms with Crippen LogP contribution in [0.5, 0.6) is 11.5 Å². The Morgan fingerprint density at radius 3 is 2.41 bits per heavy atom. The van der Waals surface area contributed by atoms with Crippen LogP contribution in [0.15, 0.2) is 42.5 Å². The zero-order valence-electron chi connectivity index (χ0n) is 17.2. The monoisotopic (exact) mass is 437 g/mol. The van der Waals surface area contributed by atoms with Gasteiger partial charge in [0.05, 0.1) is 32.2 Å². The fraction of sp³-hybridized carbons (Fsp3) is 0.350. The highest BCUT2D eigenvalue weighted by molar-refractivity contribution is 7.92. The first-order valence-electron chi connectivity index (χ1n) is 9.03. The minimum absolute atomic E-state index is 0.0309. The van der Waals surface area contributed by atoms with E-state index in [1.165, 1.54) is 11.4 Å². The number of rotatable bonds is 8. The normalized spacial score (nSPS) is 12.0. The summed E-state index contributed by atoms with van der Waals surface area (Å²) in [7, 11) is 1.37. The number of thiocarbonyl (C=S) groups is 1. The molecule has 0 radical (unpaired) electrons. The van der Waals surface area contributed by atoms with Crippen molar-refractivity contribution in [1.82, 2.24) is 5.32 Å². The van der Waals surface area contributed by atoms with Crippen molar-refractivity contribution in [2.24, 2.45) is 0 Å². The first-order chi connectivity index (χ1) is 13.7. The first-order valence-corrected chi connectivity index (χ1v) is 11.3. The molecule has 0 aliphatic rings. The number of ether oxygens (including phenoxy) is 2. The molecule has 2 aromatic carbocycles. The van der Waals surface area contributed by atoms with Gasteiger partial charge in [-0.05, 0) is 54.5 Å². The third-order valence-corrected chi connectivity index (χ3v) is 5.91. The molecule has 0 heterocycles. The lowest BCUT2D eigenvalue weighted by Crippen LogP contribution is -2.32. The zero-order valence-corrected chi connectivity index (χ0v) is 18.9. The van der Waals surface area contributed by atoms with E-state index in [4.69, 9.17) is 21.7 Å². The fourth-order valence-corrected chi connectivity index (χ4v) is 3.54. The number of hydrogen-bond donors (Lipinski definition) is 2. The second-order valence-corrected chi connectivity index (χ2v) is 8.88. The largest absolute Gasteiger partial charge is 0.493 e. The van der Waals surface area contributed by atoms with Gasteiger partial charge in [-0.3, -0.25) is 4.31 Å². The highest BCUT2D eigenvalue weighted by Crippen LogP contribution is 2.31. The molecule has 7 nitrogen and oxygen atoms in total. The lowest BCUT2D eigenvalue weighted by atomic mass is 10.0. The molecule has 0 saturated carbocycles. The van der Waals surface area contributed by atoms with Gasteiger partial charge in [-0.15, -0.1) is 0 Å². The Kier molecular flexibility index (Phi) is 7.69. The van der Waals surface area contributed by atoms with Gasteiger partial charge in [-0.1, -0.05) is 19.1 Å². The summed E-state index contributed by atoms with van der Waals surface area (Å²) in [6.45, 7) is 2.05. The lowest BCUT2D eigenvalue weighted by Gasteiger charge is -2.22. The number of hydrogen-bond acceptors (Lipinski definition) is 5. The minimum Gasteiger partial charge on any atom is -0.493 e. The van der Waals surface area contributed by atoms with Crippen LogP contribution in [0.1, 0.15) is 24.9 Å². The molecule has 0 bridgehead atoms. The Labute approximate surface area is 178 Å². The quantitative estimate of drug-likeness (QED) is 0.612. The van der Waals surface area contributed by atoms with E-state index in [1.54, 1.807) is 32.4 Å². The van der Waals surface area contributed by atoms with Gasteiger partial charge in [-0.2, -0.15) is 0 Å². The topological polar surface area (TPSA) is 79.9 Å². The molecule has 0 fully saturated rings. The van der Waals surface area contributed by atoms with E-state index in [9.17, 15) is 8.42 Å². The van der Waals surface area contributed by atoms with Crippen LogP contribution in [0.2, 0.25) is 0 Å². The second-order valence-electron chi connectivity index (χ2n) is 6.45. The Morgan fingerprint density at radius 1 is 1.14 bits per heavy atom. The van der Waals surface area contributed by atoms with E-state index in [0.717, 1.165) is 18.2 Å². The summed E-state index contributed by atoms with van der Waals surface area (Å²) in [5.74, 6) is 1.32. The molecule has 9 heteroatoms.